The van der Waals surface area contributed by atoms with Gasteiger partial charge < -0.3 is 25.4 Å². The lowest BCUT2D eigenvalue weighted by Gasteiger charge is -2.32. The van der Waals surface area contributed by atoms with Crippen LogP contribution in [0.1, 0.15) is 63.9 Å². The first-order valence-electron chi connectivity index (χ1n) is 15.8. The van der Waals surface area contributed by atoms with Gasteiger partial charge in [0.25, 0.3) is 0 Å². The van der Waals surface area contributed by atoms with E-state index >= 15 is 0 Å². The van der Waals surface area contributed by atoms with E-state index < -0.39 is 6.09 Å². The standard InChI is InChI=1S/C35H40N6O4/c1-23-13-14-25-26(10-6-12-28(25)39-30(42)21-35(2)16-4-3-5-17-35)31(23)45-32-27(11-7-18-36-32)29-15-19-37-33(40-29)38-24-9-8-20-41(22-24)34(43)44/h6-7,10-15,18-19,24H,3-5,8-9,16-17,20-22H2,1-2H3,(H,39,42)(H,43,44)(H,37,38,40)/t24-/m0/s1. The molecule has 2 aromatic heterocycles. The second-order valence-electron chi connectivity index (χ2n) is 12.6. The molecule has 2 aliphatic rings. The number of nitrogens with one attached hydrogen (secondary N) is 2. The van der Waals surface area contributed by atoms with Crippen LogP contribution in [0, 0.1) is 12.3 Å². The first kappa shape index (κ1) is 30.3. The maximum Gasteiger partial charge on any atom is 0.407 e. The van der Waals surface area contributed by atoms with Crippen LogP contribution in [0.3, 0.4) is 0 Å². The van der Waals surface area contributed by atoms with Crippen molar-refractivity contribution in [3.63, 3.8) is 0 Å². The highest BCUT2D eigenvalue weighted by molar-refractivity contribution is 6.04. The third kappa shape index (κ3) is 7.00. The van der Waals surface area contributed by atoms with Gasteiger partial charge in [-0.25, -0.2) is 19.7 Å². The number of piperidine rings is 1. The molecule has 0 bridgehead atoms. The molecule has 0 spiro atoms. The Kier molecular flexibility index (Phi) is 8.82. The third-order valence-electron chi connectivity index (χ3n) is 9.06. The summed E-state index contributed by atoms with van der Waals surface area (Å²) < 4.78 is 6.56. The minimum Gasteiger partial charge on any atom is -0.465 e. The zero-order valence-electron chi connectivity index (χ0n) is 25.9. The quantitative estimate of drug-likeness (QED) is 0.186. The predicted molar refractivity (Wildman–Crippen MR) is 175 cm³/mol. The number of carboxylic acid groups (broad SMARTS) is 1. The number of benzene rings is 2. The van der Waals surface area contributed by atoms with E-state index in [2.05, 4.69) is 27.5 Å². The van der Waals surface area contributed by atoms with E-state index in [4.69, 9.17) is 9.72 Å². The van der Waals surface area contributed by atoms with Crippen LogP contribution in [0.4, 0.5) is 16.4 Å². The van der Waals surface area contributed by atoms with E-state index in [1.54, 1.807) is 18.5 Å². The highest BCUT2D eigenvalue weighted by Gasteiger charge is 2.29. The van der Waals surface area contributed by atoms with E-state index in [-0.39, 0.29) is 17.4 Å². The number of anilines is 2. The van der Waals surface area contributed by atoms with Crippen LogP contribution in [-0.2, 0) is 4.79 Å². The Morgan fingerprint density at radius 1 is 1.00 bits per heavy atom. The molecule has 3 N–H and O–H groups in total. The summed E-state index contributed by atoms with van der Waals surface area (Å²) in [4.78, 5) is 39.8. The fourth-order valence-electron chi connectivity index (χ4n) is 6.64. The minimum absolute atomic E-state index is 0.0408. The number of hydrogen-bond acceptors (Lipinski definition) is 7. The molecule has 2 aromatic carbocycles. The van der Waals surface area contributed by atoms with Gasteiger partial charge in [0.2, 0.25) is 17.7 Å². The summed E-state index contributed by atoms with van der Waals surface area (Å²) in [6, 6.07) is 15.3. The van der Waals surface area contributed by atoms with E-state index in [1.807, 2.05) is 49.4 Å². The van der Waals surface area contributed by atoms with Crippen molar-refractivity contribution in [1.29, 1.82) is 0 Å². The van der Waals surface area contributed by atoms with Gasteiger partial charge >= 0.3 is 6.09 Å². The second-order valence-corrected chi connectivity index (χ2v) is 12.6. The summed E-state index contributed by atoms with van der Waals surface area (Å²) in [5.41, 5.74) is 3.07. The lowest BCUT2D eigenvalue weighted by molar-refractivity contribution is -0.118. The molecule has 0 unspecified atom stereocenters. The fourth-order valence-corrected chi connectivity index (χ4v) is 6.64. The van der Waals surface area contributed by atoms with Gasteiger partial charge in [0.1, 0.15) is 5.75 Å². The molecule has 4 aromatic rings. The fraction of sp³-hybridized carbons (Fsp3) is 0.400. The third-order valence-corrected chi connectivity index (χ3v) is 9.06. The van der Waals surface area contributed by atoms with Gasteiger partial charge in [0, 0.05) is 54.4 Å². The molecule has 1 aliphatic carbocycles. The minimum atomic E-state index is -0.916. The van der Waals surface area contributed by atoms with Crippen LogP contribution in [0.2, 0.25) is 0 Å². The van der Waals surface area contributed by atoms with Gasteiger partial charge in [-0.05, 0) is 67.9 Å². The summed E-state index contributed by atoms with van der Waals surface area (Å²) >= 11 is 0. The summed E-state index contributed by atoms with van der Waals surface area (Å²) in [5, 5.41) is 17.7. The molecule has 1 saturated heterocycles. The van der Waals surface area contributed by atoms with Crippen molar-refractivity contribution < 1.29 is 19.4 Å². The maximum absolute atomic E-state index is 13.2. The molecule has 1 saturated carbocycles. The number of fused-ring (bicyclic) bond motifs is 1. The lowest BCUT2D eigenvalue weighted by atomic mass is 9.73. The maximum atomic E-state index is 13.2. The molecule has 2 amide bonds. The average Bonchev–Trinajstić information content (AvgIpc) is 3.03. The average molecular weight is 609 g/mol. The molecular weight excluding hydrogens is 568 g/mol. The molecule has 1 aliphatic heterocycles. The Morgan fingerprint density at radius 3 is 2.67 bits per heavy atom. The van der Waals surface area contributed by atoms with E-state index in [0.717, 1.165) is 47.7 Å². The van der Waals surface area contributed by atoms with Gasteiger partial charge in [-0.1, -0.05) is 50.5 Å². The number of likely N-dealkylation sites (tertiary alicyclic amines) is 1. The monoisotopic (exact) mass is 608 g/mol. The van der Waals surface area contributed by atoms with Crippen molar-refractivity contribution in [1.82, 2.24) is 19.9 Å². The molecule has 0 radical (unpaired) electrons. The van der Waals surface area contributed by atoms with Crippen molar-refractivity contribution in [2.75, 3.05) is 23.7 Å². The summed E-state index contributed by atoms with van der Waals surface area (Å²) in [6.45, 7) is 5.13. The Labute approximate surface area is 263 Å². The normalized spacial score (nSPS) is 17.9. The van der Waals surface area contributed by atoms with E-state index in [9.17, 15) is 14.7 Å². The highest BCUT2D eigenvalue weighted by Crippen LogP contribution is 2.41. The number of rotatable bonds is 8. The van der Waals surface area contributed by atoms with Crippen LogP contribution in [0.5, 0.6) is 11.6 Å². The summed E-state index contributed by atoms with van der Waals surface area (Å²) in [6.07, 6.45) is 10.4. The zero-order chi connectivity index (χ0) is 31.4. The van der Waals surface area contributed by atoms with Gasteiger partial charge in [0.15, 0.2) is 0 Å². The number of pyridine rings is 1. The van der Waals surface area contributed by atoms with Crippen molar-refractivity contribution in [2.45, 2.75) is 71.3 Å². The number of carbonyl (C=O) groups is 2. The number of hydrogen-bond donors (Lipinski definition) is 3. The first-order valence-corrected chi connectivity index (χ1v) is 15.8. The number of aryl methyl sites for hydroxylation is 1. The second kappa shape index (κ2) is 13.1. The molecule has 10 nitrogen and oxygen atoms in total. The predicted octanol–water partition coefficient (Wildman–Crippen LogP) is 7.65. The molecule has 1 atom stereocenters. The molecule has 6 rings (SSSR count). The van der Waals surface area contributed by atoms with Gasteiger partial charge in [-0.3, -0.25) is 4.79 Å². The Bertz CT molecular complexity index is 1700. The van der Waals surface area contributed by atoms with Crippen molar-refractivity contribution in [3.8, 4) is 22.9 Å². The molecule has 45 heavy (non-hydrogen) atoms. The first-order chi connectivity index (χ1) is 21.8. The van der Waals surface area contributed by atoms with Gasteiger partial charge in [-0.15, -0.1) is 0 Å². The van der Waals surface area contributed by atoms with Crippen LogP contribution in [0.25, 0.3) is 22.0 Å². The Balaban J connectivity index is 1.24. The van der Waals surface area contributed by atoms with E-state index in [1.165, 1.54) is 24.2 Å². The molecule has 234 valence electrons. The summed E-state index contributed by atoms with van der Waals surface area (Å²) in [7, 11) is 0. The van der Waals surface area contributed by atoms with Crippen LogP contribution >= 0.6 is 0 Å². The van der Waals surface area contributed by atoms with Crippen LogP contribution < -0.4 is 15.4 Å². The van der Waals surface area contributed by atoms with E-state index in [0.29, 0.717) is 48.3 Å². The smallest absolute Gasteiger partial charge is 0.407 e. The zero-order valence-corrected chi connectivity index (χ0v) is 25.9. The molecule has 2 fully saturated rings. The van der Waals surface area contributed by atoms with Crippen molar-refractivity contribution >= 4 is 34.4 Å². The van der Waals surface area contributed by atoms with Crippen molar-refractivity contribution in [3.05, 3.63) is 66.5 Å². The SMILES string of the molecule is Cc1ccc2c(NC(=O)CC3(C)CCCCC3)cccc2c1Oc1ncccc1-c1ccnc(N[C@H]2CCCN(C(=O)O)C2)n1. The Hall–Kier alpha value is -4.73. The molecule has 10 heteroatoms. The number of ether oxygens (including phenoxy) is 1. The molecule has 3 heterocycles. The number of aromatic nitrogens is 3. The Morgan fingerprint density at radius 2 is 1.84 bits per heavy atom. The highest BCUT2D eigenvalue weighted by atomic mass is 16.5. The van der Waals surface area contributed by atoms with Gasteiger partial charge in [0.05, 0.1) is 11.3 Å². The topological polar surface area (TPSA) is 130 Å². The number of nitrogens with zero attached hydrogens (tertiary/aromatic N) is 4. The van der Waals surface area contributed by atoms with Crippen LogP contribution in [0.15, 0.2) is 60.9 Å². The van der Waals surface area contributed by atoms with Gasteiger partial charge in [-0.2, -0.15) is 0 Å². The largest absolute Gasteiger partial charge is 0.465 e. The lowest BCUT2D eigenvalue weighted by Crippen LogP contribution is -2.44. The number of amides is 2. The molecular formula is C35H40N6O4. The van der Waals surface area contributed by atoms with Crippen LogP contribution in [-0.4, -0.2) is 56.1 Å². The number of carbonyl (C=O) groups excluding carboxylic acids is 1. The van der Waals surface area contributed by atoms with Crippen molar-refractivity contribution in [2.24, 2.45) is 5.41 Å². The summed E-state index contributed by atoms with van der Waals surface area (Å²) in [5.74, 6) is 1.51.